The molecule has 3 aromatic rings. The molecule has 2 aromatic carbocycles. The maximum atomic E-state index is 13.9. The zero-order chi connectivity index (χ0) is 32.1. The molecule has 4 N–H and O–H groups in total. The highest BCUT2D eigenvalue weighted by Gasteiger charge is 2.49. The smallest absolute Gasteiger partial charge is 0.497 e. The van der Waals surface area contributed by atoms with Crippen LogP contribution in [0.1, 0.15) is 66.0 Å². The Morgan fingerprint density at radius 2 is 1.84 bits per heavy atom. The van der Waals surface area contributed by atoms with Gasteiger partial charge in [0.1, 0.15) is 35.4 Å². The summed E-state index contributed by atoms with van der Waals surface area (Å²) < 4.78 is 53.9. The summed E-state index contributed by atoms with van der Waals surface area (Å²) in [5.41, 5.74) is 5.86. The fraction of sp³-hybridized carbons (Fsp3) is 0.355. The van der Waals surface area contributed by atoms with E-state index in [9.17, 15) is 23.2 Å². The van der Waals surface area contributed by atoms with Gasteiger partial charge in [-0.25, -0.2) is 0 Å². The average Bonchev–Trinajstić information content (AvgIpc) is 3.49. The van der Waals surface area contributed by atoms with Gasteiger partial charge in [0.2, 0.25) is 11.8 Å². The monoisotopic (exact) mass is 624 g/mol. The summed E-state index contributed by atoms with van der Waals surface area (Å²) in [7, 11) is 1.52. The first-order valence-electron chi connectivity index (χ1n) is 14.1. The number of benzene rings is 2. The van der Waals surface area contributed by atoms with Gasteiger partial charge < -0.3 is 40.1 Å². The van der Waals surface area contributed by atoms with Crippen LogP contribution in [0.15, 0.2) is 48.7 Å². The zero-order valence-electron chi connectivity index (χ0n) is 24.5. The van der Waals surface area contributed by atoms with Crippen molar-refractivity contribution in [1.29, 1.82) is 0 Å². The lowest BCUT2D eigenvalue weighted by Crippen LogP contribution is -2.46. The first-order valence-corrected chi connectivity index (χ1v) is 14.1. The molecule has 1 unspecified atom stereocenters. The van der Waals surface area contributed by atoms with Gasteiger partial charge in [0, 0.05) is 48.3 Å². The van der Waals surface area contributed by atoms with Crippen molar-refractivity contribution in [2.75, 3.05) is 13.7 Å². The Balaban J connectivity index is 1.23. The molecule has 3 amide bonds. The van der Waals surface area contributed by atoms with Gasteiger partial charge in [-0.3, -0.25) is 19.4 Å². The van der Waals surface area contributed by atoms with E-state index in [4.69, 9.17) is 19.9 Å². The lowest BCUT2D eigenvalue weighted by atomic mass is 9.82. The van der Waals surface area contributed by atoms with Crippen LogP contribution < -0.4 is 40.1 Å². The van der Waals surface area contributed by atoms with E-state index in [1.165, 1.54) is 25.4 Å². The molecule has 14 heteroatoms. The van der Waals surface area contributed by atoms with Gasteiger partial charge in [-0.2, -0.15) is 0 Å². The minimum Gasteiger partial charge on any atom is -0.497 e. The zero-order valence-corrected chi connectivity index (χ0v) is 24.5. The minimum atomic E-state index is -3.81. The Kier molecular flexibility index (Phi) is 7.37. The number of hydrogen-bond acceptors (Lipinski definition) is 9. The van der Waals surface area contributed by atoms with E-state index >= 15 is 0 Å². The van der Waals surface area contributed by atoms with E-state index in [1.807, 2.05) is 0 Å². The van der Waals surface area contributed by atoms with Crippen LogP contribution in [0.5, 0.6) is 28.7 Å². The molecular formula is C31H30F2N4O8. The van der Waals surface area contributed by atoms with E-state index in [0.717, 1.165) is 0 Å². The van der Waals surface area contributed by atoms with E-state index < -0.39 is 47.6 Å². The van der Waals surface area contributed by atoms with Gasteiger partial charge in [-0.15, -0.1) is 8.78 Å². The van der Waals surface area contributed by atoms with E-state index in [0.29, 0.717) is 28.3 Å². The fourth-order valence-corrected chi connectivity index (χ4v) is 5.62. The number of nitrogens with one attached hydrogen (secondary N) is 2. The minimum absolute atomic E-state index is 0.000231. The van der Waals surface area contributed by atoms with Crippen LogP contribution in [0.25, 0.3) is 0 Å². The maximum Gasteiger partial charge on any atom is 0.586 e. The number of nitrogens with two attached hydrogens (primary N) is 1. The molecule has 4 heterocycles. The van der Waals surface area contributed by atoms with Crippen molar-refractivity contribution in [3.63, 3.8) is 0 Å². The lowest BCUT2D eigenvalue weighted by Gasteiger charge is -2.34. The Hall–Kier alpha value is -5.14. The van der Waals surface area contributed by atoms with E-state index in [1.54, 1.807) is 44.2 Å². The standard InChI is InChI=1S/C31H30F2N4O8/c1-15(8-27(34)38)36-28(39)16-4-7-20(35-13-16)24-11-21(18-6-5-17(41-3)9-22(18)43-24)37-29(40)30(2)14-42-23-12-26-25(10-19(23)30)44-31(32,33)45-26/h4-7,9-10,12-13,15,21,24H,8,11,14H2,1-3H3,(H2,34,38)(H,36,39)(H,37,40)/t15?,21-,24-,30+/m1/s1. The Morgan fingerprint density at radius 1 is 1.09 bits per heavy atom. The highest BCUT2D eigenvalue weighted by Crippen LogP contribution is 2.50. The number of pyridine rings is 1. The van der Waals surface area contributed by atoms with Gasteiger partial charge >= 0.3 is 6.29 Å². The quantitative estimate of drug-likeness (QED) is 0.341. The van der Waals surface area contributed by atoms with Crippen molar-refractivity contribution in [2.24, 2.45) is 5.73 Å². The van der Waals surface area contributed by atoms with Gasteiger partial charge in [0.05, 0.1) is 24.4 Å². The normalized spacial score (nSPS) is 22.6. The van der Waals surface area contributed by atoms with Crippen molar-refractivity contribution < 1.29 is 46.8 Å². The SMILES string of the molecule is COc1ccc2c(c1)O[C@@H](c1ccc(C(=O)NC(C)CC(N)=O)cn1)C[C@H]2NC(=O)[C@@]1(C)COc2cc3c(cc21)OC(F)(F)O3. The summed E-state index contributed by atoms with van der Waals surface area (Å²) in [5.74, 6) is -0.427. The topological polar surface area (TPSA) is 160 Å². The molecule has 3 aliphatic heterocycles. The Labute approximate surface area is 256 Å². The number of hydrogen-bond donors (Lipinski definition) is 3. The third-order valence-electron chi connectivity index (χ3n) is 8.00. The number of carbonyl (C=O) groups excluding carboxylic acids is 3. The molecule has 0 saturated heterocycles. The second-order valence-corrected chi connectivity index (χ2v) is 11.4. The molecular weight excluding hydrogens is 594 g/mol. The predicted molar refractivity (Wildman–Crippen MR) is 152 cm³/mol. The molecule has 1 aromatic heterocycles. The van der Waals surface area contributed by atoms with Gasteiger partial charge in [-0.1, -0.05) is 0 Å². The van der Waals surface area contributed by atoms with E-state index in [2.05, 4.69) is 25.1 Å². The fourth-order valence-electron chi connectivity index (χ4n) is 5.62. The number of methoxy groups -OCH3 is 1. The number of fused-ring (bicyclic) bond motifs is 3. The summed E-state index contributed by atoms with van der Waals surface area (Å²) in [6.45, 7) is 3.30. The number of rotatable bonds is 8. The van der Waals surface area contributed by atoms with Crippen molar-refractivity contribution in [2.45, 2.75) is 56.6 Å². The molecule has 0 saturated carbocycles. The molecule has 0 bridgehead atoms. The van der Waals surface area contributed by atoms with E-state index in [-0.39, 0.29) is 42.3 Å². The summed E-state index contributed by atoms with van der Waals surface area (Å²) in [6, 6.07) is 10.2. The third-order valence-corrected chi connectivity index (χ3v) is 8.00. The first kappa shape index (κ1) is 29.9. The van der Waals surface area contributed by atoms with Gasteiger partial charge in [0.25, 0.3) is 5.91 Å². The highest BCUT2D eigenvalue weighted by atomic mass is 19.3. The summed E-state index contributed by atoms with van der Waals surface area (Å²) >= 11 is 0. The van der Waals surface area contributed by atoms with Crippen molar-refractivity contribution in [3.05, 3.63) is 71.0 Å². The van der Waals surface area contributed by atoms with Crippen LogP contribution in [0, 0.1) is 0 Å². The summed E-state index contributed by atoms with van der Waals surface area (Å²) in [5, 5.41) is 5.80. The maximum absolute atomic E-state index is 13.9. The molecule has 6 rings (SSSR count). The predicted octanol–water partition coefficient (Wildman–Crippen LogP) is 3.44. The van der Waals surface area contributed by atoms with Crippen LogP contribution in [0.4, 0.5) is 8.78 Å². The second kappa shape index (κ2) is 11.1. The molecule has 0 aliphatic carbocycles. The number of aromatic nitrogens is 1. The van der Waals surface area contributed by atoms with Crippen LogP contribution in [0.2, 0.25) is 0 Å². The molecule has 0 radical (unpaired) electrons. The molecule has 45 heavy (non-hydrogen) atoms. The van der Waals surface area contributed by atoms with Gasteiger partial charge in [-0.05, 0) is 44.2 Å². The van der Waals surface area contributed by atoms with Crippen molar-refractivity contribution in [1.82, 2.24) is 15.6 Å². The largest absolute Gasteiger partial charge is 0.586 e. The summed E-state index contributed by atoms with van der Waals surface area (Å²) in [6.07, 6.45) is -2.73. The molecule has 4 atom stereocenters. The molecule has 0 fully saturated rings. The molecule has 12 nitrogen and oxygen atoms in total. The molecule has 0 spiro atoms. The number of amides is 3. The Morgan fingerprint density at radius 3 is 2.53 bits per heavy atom. The third kappa shape index (κ3) is 5.75. The molecule has 236 valence electrons. The number of alkyl halides is 2. The van der Waals surface area contributed by atoms with Crippen LogP contribution in [0.3, 0.4) is 0 Å². The first-order chi connectivity index (χ1) is 21.3. The summed E-state index contributed by atoms with van der Waals surface area (Å²) in [4.78, 5) is 42.1. The van der Waals surface area contributed by atoms with Crippen LogP contribution in [-0.2, 0) is 15.0 Å². The average molecular weight is 625 g/mol. The van der Waals surface area contributed by atoms with Crippen molar-refractivity contribution >= 4 is 17.7 Å². The number of primary amides is 1. The van der Waals surface area contributed by atoms with Gasteiger partial charge in [0.15, 0.2) is 11.5 Å². The Bertz CT molecular complexity index is 1680. The highest BCUT2D eigenvalue weighted by molar-refractivity contribution is 5.94. The molecule has 3 aliphatic rings. The van der Waals surface area contributed by atoms with Crippen LogP contribution in [-0.4, -0.2) is 48.8 Å². The second-order valence-electron chi connectivity index (χ2n) is 11.4. The lowest BCUT2D eigenvalue weighted by molar-refractivity contribution is -0.286. The number of halogens is 2. The number of carbonyl (C=O) groups is 3. The van der Waals surface area contributed by atoms with Crippen molar-refractivity contribution in [3.8, 4) is 28.7 Å². The number of nitrogens with zero attached hydrogens (tertiary/aromatic N) is 1. The van der Waals surface area contributed by atoms with Crippen LogP contribution >= 0.6 is 0 Å². The number of ether oxygens (including phenoxy) is 5.